The van der Waals surface area contributed by atoms with Gasteiger partial charge in [0, 0.05) is 22.3 Å². The Balaban J connectivity index is 1.70. The highest BCUT2D eigenvalue weighted by molar-refractivity contribution is 8.05. The molecule has 0 unspecified atom stereocenters. The number of nitrogens with one attached hydrogen (secondary N) is 1. The maximum atomic E-state index is 14.4. The van der Waals surface area contributed by atoms with E-state index in [1.165, 1.54) is 4.13 Å². The summed E-state index contributed by atoms with van der Waals surface area (Å²) in [5.74, 6) is 0. The molecule has 0 amide bonds. The Hall–Kier alpha value is -4.10. The predicted octanol–water partition coefficient (Wildman–Crippen LogP) is 10.5. The monoisotopic (exact) mass is 827 g/mol. The third-order valence-corrected chi connectivity index (χ3v) is 13.7. The van der Waals surface area contributed by atoms with Crippen molar-refractivity contribution < 1.29 is 69.5 Å². The second-order valence-electron chi connectivity index (χ2n) is 13.6. The van der Waals surface area contributed by atoms with E-state index in [1.807, 2.05) is 0 Å². The third-order valence-electron chi connectivity index (χ3n) is 10.0. The molecule has 0 saturated carbocycles. The Morgan fingerprint density at radius 1 is 0.418 bits per heavy atom. The fourth-order valence-electron chi connectivity index (χ4n) is 7.73. The highest BCUT2D eigenvalue weighted by atomic mass is 32.3. The number of hydrogen-bond donors (Lipinski definition) is 1. The van der Waals surface area contributed by atoms with Crippen molar-refractivity contribution in [2.45, 2.75) is 85.9 Å². The summed E-state index contributed by atoms with van der Waals surface area (Å²) < 4.78 is 228. The van der Waals surface area contributed by atoms with Gasteiger partial charge in [-0.3, -0.25) is 0 Å². The molecule has 294 valence electrons. The van der Waals surface area contributed by atoms with E-state index in [0.717, 1.165) is 12.1 Å². The Morgan fingerprint density at radius 2 is 0.709 bits per heavy atom. The van der Waals surface area contributed by atoms with Gasteiger partial charge in [-0.1, -0.05) is 0 Å². The van der Waals surface area contributed by atoms with Crippen molar-refractivity contribution >= 4 is 20.0 Å². The predicted molar refractivity (Wildman–Crippen MR) is 174 cm³/mol. The quantitative estimate of drug-likeness (QED) is 0.204. The minimum absolute atomic E-state index is 0.0458. The highest BCUT2D eigenvalue weighted by Crippen LogP contribution is 2.53. The molecule has 0 atom stereocenters. The van der Waals surface area contributed by atoms with E-state index in [2.05, 4.69) is 0 Å². The molecule has 0 bridgehead atoms. The average molecular weight is 828 g/mol. The second kappa shape index (κ2) is 12.7. The Morgan fingerprint density at radius 3 is 1.00 bits per heavy atom. The molecule has 5 nitrogen and oxygen atoms in total. The Kier molecular flexibility index (Phi) is 9.04. The van der Waals surface area contributed by atoms with Gasteiger partial charge in [-0.25, -0.2) is 16.8 Å². The Bertz CT molecular complexity index is 2260. The number of aryl methyl sites for hydroxylation is 2. The molecule has 0 aromatic heterocycles. The molecule has 55 heavy (non-hydrogen) atoms. The van der Waals surface area contributed by atoms with Gasteiger partial charge in [0.2, 0.25) is 0 Å². The van der Waals surface area contributed by atoms with E-state index in [-0.39, 0.29) is 60.1 Å². The molecule has 7 rings (SSSR count). The van der Waals surface area contributed by atoms with Crippen LogP contribution in [-0.4, -0.2) is 16.8 Å². The first-order valence-corrected chi connectivity index (χ1v) is 19.5. The van der Waals surface area contributed by atoms with Gasteiger partial charge < -0.3 is 0 Å². The van der Waals surface area contributed by atoms with Crippen LogP contribution in [0, 0.1) is 0 Å². The molecule has 0 saturated heterocycles. The lowest BCUT2D eigenvalue weighted by Gasteiger charge is -2.29. The largest absolute Gasteiger partial charge is 0.416 e. The molecule has 1 aliphatic heterocycles. The lowest BCUT2D eigenvalue weighted by Crippen LogP contribution is -2.30. The van der Waals surface area contributed by atoms with Crippen LogP contribution in [0.5, 0.6) is 0 Å². The minimum Gasteiger partial charge on any atom is -0.206 e. The van der Waals surface area contributed by atoms with Crippen LogP contribution in [0.2, 0.25) is 0 Å². The number of benzene rings is 4. The molecule has 4 aromatic carbocycles. The molecule has 0 radical (unpaired) electrons. The Labute approximate surface area is 305 Å². The van der Waals surface area contributed by atoms with Gasteiger partial charge in [0.15, 0.2) is 0 Å². The van der Waals surface area contributed by atoms with Gasteiger partial charge in [-0.15, -0.1) is 4.13 Å². The van der Waals surface area contributed by atoms with Crippen molar-refractivity contribution in [2.24, 2.45) is 0 Å². The molecule has 3 aliphatic rings. The van der Waals surface area contributed by atoms with Crippen LogP contribution in [-0.2, 0) is 70.4 Å². The molecule has 1 N–H and O–H groups in total. The normalized spacial score (nSPS) is 18.1. The highest BCUT2D eigenvalue weighted by Gasteiger charge is 2.45. The third kappa shape index (κ3) is 7.00. The van der Waals surface area contributed by atoms with E-state index < -0.39 is 110 Å². The molecular weight excluding hydrogens is 803 g/mol. The van der Waals surface area contributed by atoms with E-state index in [9.17, 15) is 69.5 Å². The van der Waals surface area contributed by atoms with Gasteiger partial charge in [-0.2, -0.15) is 52.7 Å². The SMILES string of the molecule is O=S1(=O)NS(=O)(=O)c2c(-c3cc(C(F)(F)F)cc(C(F)(F)F)c3)cc3c(c2-c2c4c(cc(-c5cc(C(F)(F)F)cc(C(F)(F)F)c5)c21)CCCC4)CCCC3. The molecular formula is C36H25F12NO4S2. The maximum Gasteiger partial charge on any atom is 0.416 e. The van der Waals surface area contributed by atoms with Crippen LogP contribution in [0.3, 0.4) is 0 Å². The molecule has 0 spiro atoms. The summed E-state index contributed by atoms with van der Waals surface area (Å²) in [6.45, 7) is 0. The maximum absolute atomic E-state index is 14.4. The van der Waals surface area contributed by atoms with Gasteiger partial charge in [0.25, 0.3) is 20.0 Å². The van der Waals surface area contributed by atoms with Crippen LogP contribution >= 0.6 is 0 Å². The van der Waals surface area contributed by atoms with Crippen molar-refractivity contribution in [1.82, 2.24) is 4.13 Å². The zero-order chi connectivity index (χ0) is 40.3. The van der Waals surface area contributed by atoms with Crippen molar-refractivity contribution in [2.75, 3.05) is 0 Å². The summed E-state index contributed by atoms with van der Waals surface area (Å²) in [7, 11) is -11.0. The average Bonchev–Trinajstić information content (AvgIpc) is 3.15. The van der Waals surface area contributed by atoms with E-state index >= 15 is 0 Å². The molecule has 4 aromatic rings. The number of sulfonamides is 2. The van der Waals surface area contributed by atoms with Gasteiger partial charge in [0.1, 0.15) is 0 Å². The van der Waals surface area contributed by atoms with E-state index in [0.29, 0.717) is 49.9 Å². The number of hydrogen-bond acceptors (Lipinski definition) is 4. The number of fused-ring (bicyclic) bond motifs is 7. The number of rotatable bonds is 2. The van der Waals surface area contributed by atoms with Crippen molar-refractivity contribution in [1.29, 1.82) is 0 Å². The van der Waals surface area contributed by atoms with Crippen molar-refractivity contribution in [3.8, 4) is 33.4 Å². The standard InChI is InChI=1S/C36H25F12NO4S2/c37-33(38,39)21-9-19(10-22(15-21)34(40,41)42)27-13-17-5-1-3-7-25(17)29-30-26-8-4-2-6-18(26)14-28(32(30)55(52,53)49-54(50,51)31(27)29)20-11-23(35(43,44)45)16-24(12-20)36(46,47)48/h9-16,49H,1-8H2. The zero-order valence-electron chi connectivity index (χ0n) is 27.8. The van der Waals surface area contributed by atoms with Crippen LogP contribution in [0.4, 0.5) is 52.7 Å². The van der Waals surface area contributed by atoms with Crippen LogP contribution < -0.4 is 4.13 Å². The molecule has 1 heterocycles. The summed E-state index contributed by atoms with van der Waals surface area (Å²) in [6.07, 6.45) is -19.5. The summed E-state index contributed by atoms with van der Waals surface area (Å²) >= 11 is 0. The smallest absolute Gasteiger partial charge is 0.206 e. The van der Waals surface area contributed by atoms with Gasteiger partial charge >= 0.3 is 24.7 Å². The summed E-state index contributed by atoms with van der Waals surface area (Å²) in [5, 5.41) is 0. The summed E-state index contributed by atoms with van der Waals surface area (Å²) in [4.78, 5) is -1.99. The lowest BCUT2D eigenvalue weighted by atomic mass is 9.78. The first-order valence-electron chi connectivity index (χ1n) is 16.5. The first-order chi connectivity index (χ1) is 25.3. The molecule has 0 fully saturated rings. The minimum atomic E-state index is -5.51. The first kappa shape index (κ1) is 39.1. The van der Waals surface area contributed by atoms with E-state index in [4.69, 9.17) is 0 Å². The fraction of sp³-hybridized carbons (Fsp3) is 0.333. The topological polar surface area (TPSA) is 80.3 Å². The van der Waals surface area contributed by atoms with Crippen LogP contribution in [0.15, 0.2) is 58.3 Å². The summed E-state index contributed by atoms with van der Waals surface area (Å²) in [5.41, 5.74) is -10.3. The lowest BCUT2D eigenvalue weighted by molar-refractivity contribution is -0.144. The second-order valence-corrected chi connectivity index (χ2v) is 17.1. The number of halogens is 12. The van der Waals surface area contributed by atoms with Crippen LogP contribution in [0.25, 0.3) is 33.4 Å². The number of alkyl halides is 12. The molecule has 2 aliphatic carbocycles. The van der Waals surface area contributed by atoms with E-state index in [1.54, 1.807) is 0 Å². The van der Waals surface area contributed by atoms with Crippen molar-refractivity contribution in [3.63, 3.8) is 0 Å². The molecule has 19 heteroatoms. The fourth-order valence-corrected chi connectivity index (χ4v) is 11.5. The summed E-state index contributed by atoms with van der Waals surface area (Å²) in [6, 6.07) is 3.04. The van der Waals surface area contributed by atoms with Crippen molar-refractivity contribution in [3.05, 3.63) is 93.0 Å². The van der Waals surface area contributed by atoms with Crippen LogP contribution in [0.1, 0.15) is 70.2 Å². The van der Waals surface area contributed by atoms with Gasteiger partial charge in [0.05, 0.1) is 32.0 Å². The van der Waals surface area contributed by atoms with Gasteiger partial charge in [-0.05, 0) is 133 Å². The zero-order valence-corrected chi connectivity index (χ0v) is 29.4.